The zero-order valence-corrected chi connectivity index (χ0v) is 15.3. The van der Waals surface area contributed by atoms with E-state index in [0.29, 0.717) is 24.2 Å². The topological polar surface area (TPSA) is 84.5 Å². The minimum atomic E-state index is -0.444. The third-order valence-electron chi connectivity index (χ3n) is 4.90. The maximum Gasteiger partial charge on any atom is 0.273 e. The van der Waals surface area contributed by atoms with Gasteiger partial charge in [-0.05, 0) is 19.9 Å². The number of rotatable bonds is 4. The number of nitro groups is 1. The highest BCUT2D eigenvalue weighted by Crippen LogP contribution is 2.23. The van der Waals surface area contributed by atoms with Crippen LogP contribution in [0, 0.1) is 24.0 Å². The second-order valence-corrected chi connectivity index (χ2v) is 6.69. The van der Waals surface area contributed by atoms with E-state index >= 15 is 0 Å². The van der Waals surface area contributed by atoms with Crippen molar-refractivity contribution in [3.63, 3.8) is 0 Å². The molecule has 0 bridgehead atoms. The quantitative estimate of drug-likeness (QED) is 0.616. The number of nitrogens with zero attached hydrogens (tertiary/aromatic N) is 5. The van der Waals surface area contributed by atoms with Gasteiger partial charge in [0.15, 0.2) is 0 Å². The monoisotopic (exact) mass is 357 g/mol. The first-order valence-electron chi connectivity index (χ1n) is 8.61. The van der Waals surface area contributed by atoms with Crippen molar-refractivity contribution < 1.29 is 9.72 Å². The molecule has 0 unspecified atom stereocenters. The molecule has 2 aromatic rings. The molecule has 8 nitrogen and oxygen atoms in total. The third-order valence-corrected chi connectivity index (χ3v) is 4.90. The summed E-state index contributed by atoms with van der Waals surface area (Å²) in [6.45, 7) is 7.22. The molecule has 0 spiro atoms. The van der Waals surface area contributed by atoms with E-state index in [9.17, 15) is 14.9 Å². The first-order valence-corrected chi connectivity index (χ1v) is 8.61. The van der Waals surface area contributed by atoms with Crippen LogP contribution in [0.3, 0.4) is 0 Å². The summed E-state index contributed by atoms with van der Waals surface area (Å²) in [5.41, 5.74) is 3.05. The Morgan fingerprint density at radius 3 is 2.50 bits per heavy atom. The van der Waals surface area contributed by atoms with Crippen LogP contribution < -0.4 is 0 Å². The smallest absolute Gasteiger partial charge is 0.273 e. The van der Waals surface area contributed by atoms with Gasteiger partial charge in [-0.3, -0.25) is 24.5 Å². The molecule has 0 N–H and O–H groups in total. The lowest BCUT2D eigenvalue weighted by molar-refractivity contribution is -0.385. The predicted octanol–water partition coefficient (Wildman–Crippen LogP) is 1.90. The molecule has 8 heteroatoms. The maximum atomic E-state index is 12.8. The van der Waals surface area contributed by atoms with Crippen molar-refractivity contribution in [3.05, 3.63) is 56.9 Å². The van der Waals surface area contributed by atoms with Crippen molar-refractivity contribution >= 4 is 11.6 Å². The van der Waals surface area contributed by atoms with Crippen LogP contribution in [0.1, 0.15) is 27.2 Å². The molecule has 0 radical (unpaired) electrons. The molecule has 2 heterocycles. The summed E-state index contributed by atoms with van der Waals surface area (Å²) in [5.74, 6) is -0.136. The van der Waals surface area contributed by atoms with Gasteiger partial charge in [-0.1, -0.05) is 6.07 Å². The normalized spacial score (nSPS) is 15.3. The van der Waals surface area contributed by atoms with Gasteiger partial charge in [0.2, 0.25) is 0 Å². The Hall–Kier alpha value is -2.74. The highest BCUT2D eigenvalue weighted by atomic mass is 16.6. The summed E-state index contributed by atoms with van der Waals surface area (Å²) < 4.78 is 1.82. The molecule has 1 aliphatic heterocycles. The lowest BCUT2D eigenvalue weighted by Crippen LogP contribution is -2.48. The largest absolute Gasteiger partial charge is 0.336 e. The number of piperazine rings is 1. The van der Waals surface area contributed by atoms with E-state index in [1.54, 1.807) is 24.0 Å². The Kier molecular flexibility index (Phi) is 5.03. The molecule has 0 aliphatic carbocycles. The van der Waals surface area contributed by atoms with E-state index in [2.05, 4.69) is 10.00 Å². The van der Waals surface area contributed by atoms with Gasteiger partial charge in [-0.2, -0.15) is 5.10 Å². The molecule has 1 amide bonds. The highest BCUT2D eigenvalue weighted by Gasteiger charge is 2.26. The number of amides is 1. The molecular weight excluding hydrogens is 334 g/mol. The maximum absolute atomic E-state index is 12.8. The average molecular weight is 357 g/mol. The van der Waals surface area contributed by atoms with E-state index in [4.69, 9.17) is 0 Å². The standard InChI is InChI=1S/C18H23N5O3/c1-13-16(5-4-6-17(13)23(25)26)18(24)22-9-7-21(8-10-22)12-15-11-20(3)19-14(15)2/h4-6,11H,7-10,12H2,1-3H3. The summed E-state index contributed by atoms with van der Waals surface area (Å²) in [6, 6.07) is 4.66. The van der Waals surface area contributed by atoms with Crippen LogP contribution >= 0.6 is 0 Å². The molecule has 3 rings (SSSR count). The molecule has 0 saturated carbocycles. The summed E-state index contributed by atoms with van der Waals surface area (Å²) in [7, 11) is 1.91. The van der Waals surface area contributed by atoms with Gasteiger partial charge in [-0.15, -0.1) is 0 Å². The second-order valence-electron chi connectivity index (χ2n) is 6.69. The molecule has 1 saturated heterocycles. The van der Waals surface area contributed by atoms with Crippen LogP contribution in [0.15, 0.2) is 24.4 Å². The summed E-state index contributed by atoms with van der Waals surface area (Å²) >= 11 is 0. The highest BCUT2D eigenvalue weighted by molar-refractivity contribution is 5.96. The SMILES string of the molecule is Cc1nn(C)cc1CN1CCN(C(=O)c2cccc([N+](=O)[O-])c2C)CC1. The van der Waals surface area contributed by atoms with Gasteiger partial charge in [0.25, 0.3) is 11.6 Å². The number of aromatic nitrogens is 2. The van der Waals surface area contributed by atoms with Crippen molar-refractivity contribution in [2.24, 2.45) is 7.05 Å². The number of hydrogen-bond acceptors (Lipinski definition) is 5. The first kappa shape index (κ1) is 18.1. The molecular formula is C18H23N5O3. The zero-order chi connectivity index (χ0) is 18.8. The molecule has 0 atom stereocenters. The summed E-state index contributed by atoms with van der Waals surface area (Å²) in [4.78, 5) is 27.5. The number of carbonyl (C=O) groups excluding carboxylic acids is 1. The van der Waals surface area contributed by atoms with Crippen molar-refractivity contribution in [3.8, 4) is 0 Å². The fourth-order valence-electron chi connectivity index (χ4n) is 3.38. The van der Waals surface area contributed by atoms with Crippen molar-refractivity contribution in [2.75, 3.05) is 26.2 Å². The minimum Gasteiger partial charge on any atom is -0.336 e. The Balaban J connectivity index is 1.65. The van der Waals surface area contributed by atoms with Crippen LogP contribution in [0.5, 0.6) is 0 Å². The Labute approximate surface area is 152 Å². The fourth-order valence-corrected chi connectivity index (χ4v) is 3.38. The molecule has 1 aromatic carbocycles. The summed E-state index contributed by atoms with van der Waals surface area (Å²) in [5, 5.41) is 15.4. The van der Waals surface area contributed by atoms with Gasteiger partial charge in [0.05, 0.1) is 10.6 Å². The number of benzene rings is 1. The van der Waals surface area contributed by atoms with Crippen LogP contribution in [0.4, 0.5) is 5.69 Å². The molecule has 1 aliphatic rings. The predicted molar refractivity (Wildman–Crippen MR) is 97.0 cm³/mol. The van der Waals surface area contributed by atoms with Gasteiger partial charge in [0.1, 0.15) is 0 Å². The molecule has 26 heavy (non-hydrogen) atoms. The molecule has 1 fully saturated rings. The van der Waals surface area contributed by atoms with Crippen molar-refractivity contribution in [2.45, 2.75) is 20.4 Å². The Bertz CT molecular complexity index is 837. The van der Waals surface area contributed by atoms with Gasteiger partial charge < -0.3 is 4.90 Å². The van der Waals surface area contributed by atoms with Crippen LogP contribution in [0.2, 0.25) is 0 Å². The Morgan fingerprint density at radius 1 is 1.23 bits per heavy atom. The van der Waals surface area contributed by atoms with E-state index < -0.39 is 4.92 Å². The van der Waals surface area contributed by atoms with E-state index in [1.165, 1.54) is 11.6 Å². The number of carbonyl (C=O) groups is 1. The van der Waals surface area contributed by atoms with Crippen molar-refractivity contribution in [1.82, 2.24) is 19.6 Å². The average Bonchev–Trinajstić information content (AvgIpc) is 2.92. The van der Waals surface area contributed by atoms with Crippen LogP contribution in [-0.2, 0) is 13.6 Å². The Morgan fingerprint density at radius 2 is 1.92 bits per heavy atom. The van der Waals surface area contributed by atoms with Gasteiger partial charge in [0, 0.05) is 68.7 Å². The first-order chi connectivity index (χ1) is 12.4. The van der Waals surface area contributed by atoms with Crippen molar-refractivity contribution in [1.29, 1.82) is 0 Å². The minimum absolute atomic E-state index is 0.0125. The van der Waals surface area contributed by atoms with Crippen LogP contribution in [-0.4, -0.2) is 56.6 Å². The van der Waals surface area contributed by atoms with E-state index in [0.717, 1.165) is 25.3 Å². The lowest BCUT2D eigenvalue weighted by atomic mass is 10.1. The van der Waals surface area contributed by atoms with E-state index in [-0.39, 0.29) is 11.6 Å². The molecule has 138 valence electrons. The van der Waals surface area contributed by atoms with Gasteiger partial charge in [-0.25, -0.2) is 0 Å². The number of hydrogen-bond donors (Lipinski definition) is 0. The van der Waals surface area contributed by atoms with Crippen LogP contribution in [0.25, 0.3) is 0 Å². The van der Waals surface area contributed by atoms with E-state index in [1.807, 2.05) is 24.9 Å². The second kappa shape index (κ2) is 7.25. The lowest BCUT2D eigenvalue weighted by Gasteiger charge is -2.34. The number of nitro benzene ring substituents is 1. The zero-order valence-electron chi connectivity index (χ0n) is 15.3. The van der Waals surface area contributed by atoms with Gasteiger partial charge >= 0.3 is 0 Å². The molecule has 1 aromatic heterocycles. The third kappa shape index (κ3) is 3.60. The fraction of sp³-hybridized carbons (Fsp3) is 0.444. The summed E-state index contributed by atoms with van der Waals surface area (Å²) in [6.07, 6.45) is 2.03. The number of aryl methyl sites for hydroxylation is 2.